The summed E-state index contributed by atoms with van der Waals surface area (Å²) in [6.45, 7) is 2.44. The monoisotopic (exact) mass is 311 g/mol. The van der Waals surface area contributed by atoms with Crippen LogP contribution in [0.25, 0.3) is 11.0 Å². The summed E-state index contributed by atoms with van der Waals surface area (Å²) < 4.78 is 16.3. The van der Waals surface area contributed by atoms with Gasteiger partial charge in [-0.2, -0.15) is 0 Å². The molecule has 0 aliphatic carbocycles. The van der Waals surface area contributed by atoms with Crippen LogP contribution in [-0.2, 0) is 0 Å². The summed E-state index contributed by atoms with van der Waals surface area (Å²) in [5.74, 6) is 1.15. The molecule has 3 rings (SSSR count). The van der Waals surface area contributed by atoms with E-state index < -0.39 is 0 Å². The Bertz CT molecular complexity index is 805. The van der Waals surface area contributed by atoms with Gasteiger partial charge in [0.15, 0.2) is 17.3 Å². The zero-order valence-electron chi connectivity index (χ0n) is 13.0. The Morgan fingerprint density at radius 3 is 2.70 bits per heavy atom. The molecule has 3 aromatic rings. The first-order valence-electron chi connectivity index (χ1n) is 7.32. The summed E-state index contributed by atoms with van der Waals surface area (Å²) in [5, 5.41) is 3.69. The molecule has 0 fully saturated rings. The van der Waals surface area contributed by atoms with Gasteiger partial charge in [0.25, 0.3) is 5.91 Å². The molecule has 5 nitrogen and oxygen atoms in total. The lowest BCUT2D eigenvalue weighted by molar-refractivity contribution is 0.0998. The zero-order valence-corrected chi connectivity index (χ0v) is 13.0. The Balaban J connectivity index is 1.82. The lowest BCUT2D eigenvalue weighted by Crippen LogP contribution is -2.11. The van der Waals surface area contributed by atoms with E-state index in [1.165, 1.54) is 0 Å². The van der Waals surface area contributed by atoms with Gasteiger partial charge in [-0.15, -0.1) is 0 Å². The quantitative estimate of drug-likeness (QED) is 0.771. The molecule has 2 aromatic carbocycles. The number of anilines is 1. The van der Waals surface area contributed by atoms with Gasteiger partial charge < -0.3 is 19.2 Å². The largest absolute Gasteiger partial charge is 0.493 e. The predicted octanol–water partition coefficient (Wildman–Crippen LogP) is 4.09. The average molecular weight is 311 g/mol. The highest BCUT2D eigenvalue weighted by Crippen LogP contribution is 2.30. The third kappa shape index (κ3) is 3.13. The van der Waals surface area contributed by atoms with E-state index in [4.69, 9.17) is 13.9 Å². The fraction of sp³-hybridized carbons (Fsp3) is 0.167. The molecule has 1 amide bonds. The van der Waals surface area contributed by atoms with E-state index in [2.05, 4.69) is 5.32 Å². The summed E-state index contributed by atoms with van der Waals surface area (Å²) in [6.07, 6.45) is 0. The van der Waals surface area contributed by atoms with Crippen molar-refractivity contribution in [2.24, 2.45) is 0 Å². The molecule has 1 aromatic heterocycles. The summed E-state index contributed by atoms with van der Waals surface area (Å²) in [5.41, 5.74) is 1.29. The molecule has 1 N–H and O–H groups in total. The van der Waals surface area contributed by atoms with Gasteiger partial charge in [-0.25, -0.2) is 0 Å². The van der Waals surface area contributed by atoms with Gasteiger partial charge in [-0.05, 0) is 31.2 Å². The molecule has 0 atom stereocenters. The maximum absolute atomic E-state index is 12.3. The first kappa shape index (κ1) is 15.0. The van der Waals surface area contributed by atoms with Gasteiger partial charge in [0, 0.05) is 17.1 Å². The Kier molecular flexibility index (Phi) is 4.19. The van der Waals surface area contributed by atoms with E-state index in [-0.39, 0.29) is 11.7 Å². The molecular formula is C18H17NO4. The van der Waals surface area contributed by atoms with Crippen LogP contribution in [0.5, 0.6) is 11.5 Å². The average Bonchev–Trinajstić information content (AvgIpc) is 3.00. The van der Waals surface area contributed by atoms with Crippen LogP contribution >= 0.6 is 0 Å². The third-order valence-electron chi connectivity index (χ3n) is 3.37. The summed E-state index contributed by atoms with van der Waals surface area (Å²) in [4.78, 5) is 12.3. The molecule has 1 heterocycles. The standard InChI is InChI=1S/C18H17NO4/c1-3-22-15-9-8-13(11-16(15)21-2)19-18(20)17-10-12-6-4-5-7-14(12)23-17/h4-11H,3H2,1-2H3,(H,19,20). The highest BCUT2D eigenvalue weighted by Gasteiger charge is 2.13. The second-order valence-electron chi connectivity index (χ2n) is 4.90. The number of furan rings is 1. The summed E-state index contributed by atoms with van der Waals surface area (Å²) in [7, 11) is 1.56. The highest BCUT2D eigenvalue weighted by molar-refractivity contribution is 6.04. The number of rotatable bonds is 5. The molecular weight excluding hydrogens is 294 g/mol. The van der Waals surface area contributed by atoms with E-state index in [9.17, 15) is 4.79 Å². The summed E-state index contributed by atoms with van der Waals surface area (Å²) in [6, 6.07) is 14.4. The minimum atomic E-state index is -0.313. The van der Waals surface area contributed by atoms with Gasteiger partial charge in [-0.3, -0.25) is 4.79 Å². The lowest BCUT2D eigenvalue weighted by atomic mass is 10.2. The predicted molar refractivity (Wildman–Crippen MR) is 88.3 cm³/mol. The number of carbonyl (C=O) groups is 1. The van der Waals surface area contributed by atoms with Gasteiger partial charge in [0.05, 0.1) is 13.7 Å². The van der Waals surface area contributed by atoms with Crippen LogP contribution in [0, 0.1) is 0 Å². The number of hydrogen-bond donors (Lipinski definition) is 1. The number of para-hydroxylation sites is 1. The molecule has 23 heavy (non-hydrogen) atoms. The van der Waals surface area contributed by atoms with Crippen LogP contribution < -0.4 is 14.8 Å². The van der Waals surface area contributed by atoms with Gasteiger partial charge >= 0.3 is 0 Å². The number of benzene rings is 2. The lowest BCUT2D eigenvalue weighted by Gasteiger charge is -2.11. The fourth-order valence-electron chi connectivity index (χ4n) is 2.31. The van der Waals surface area contributed by atoms with Crippen LogP contribution in [0.1, 0.15) is 17.5 Å². The van der Waals surface area contributed by atoms with Crippen molar-refractivity contribution in [3.05, 3.63) is 54.3 Å². The van der Waals surface area contributed by atoms with Gasteiger partial charge in [0.1, 0.15) is 5.58 Å². The maximum Gasteiger partial charge on any atom is 0.291 e. The molecule has 0 saturated heterocycles. The number of hydrogen-bond acceptors (Lipinski definition) is 4. The van der Waals surface area contributed by atoms with Crippen LogP contribution in [-0.4, -0.2) is 19.6 Å². The number of methoxy groups -OCH3 is 1. The second kappa shape index (κ2) is 6.44. The first-order valence-corrected chi connectivity index (χ1v) is 7.32. The number of nitrogens with one attached hydrogen (secondary N) is 1. The smallest absolute Gasteiger partial charge is 0.291 e. The van der Waals surface area contributed by atoms with Crippen molar-refractivity contribution in [3.8, 4) is 11.5 Å². The molecule has 0 aliphatic heterocycles. The minimum absolute atomic E-state index is 0.263. The van der Waals surface area contributed by atoms with Crippen molar-refractivity contribution in [2.75, 3.05) is 19.0 Å². The summed E-state index contributed by atoms with van der Waals surface area (Å²) >= 11 is 0. The van der Waals surface area contributed by atoms with E-state index >= 15 is 0 Å². The number of ether oxygens (including phenoxy) is 2. The fourth-order valence-corrected chi connectivity index (χ4v) is 2.31. The van der Waals surface area contributed by atoms with Gasteiger partial charge in [-0.1, -0.05) is 18.2 Å². The Hall–Kier alpha value is -2.95. The number of fused-ring (bicyclic) bond motifs is 1. The highest BCUT2D eigenvalue weighted by atomic mass is 16.5. The zero-order chi connectivity index (χ0) is 16.2. The van der Waals surface area contributed by atoms with Crippen molar-refractivity contribution >= 4 is 22.6 Å². The van der Waals surface area contributed by atoms with Crippen LogP contribution in [0.3, 0.4) is 0 Å². The molecule has 5 heteroatoms. The molecule has 0 saturated carbocycles. The third-order valence-corrected chi connectivity index (χ3v) is 3.37. The SMILES string of the molecule is CCOc1ccc(NC(=O)c2cc3ccccc3o2)cc1OC. The van der Waals surface area contributed by atoms with Crippen molar-refractivity contribution < 1.29 is 18.7 Å². The first-order chi connectivity index (χ1) is 11.2. The maximum atomic E-state index is 12.3. The van der Waals surface area contributed by atoms with Gasteiger partial charge in [0.2, 0.25) is 0 Å². The van der Waals surface area contributed by atoms with E-state index in [0.717, 1.165) is 5.39 Å². The van der Waals surface area contributed by atoms with Crippen molar-refractivity contribution in [1.82, 2.24) is 0 Å². The number of amides is 1. The molecule has 118 valence electrons. The minimum Gasteiger partial charge on any atom is -0.493 e. The molecule has 0 unspecified atom stereocenters. The normalized spacial score (nSPS) is 10.5. The molecule has 0 bridgehead atoms. The molecule has 0 radical (unpaired) electrons. The van der Waals surface area contributed by atoms with E-state index in [1.807, 2.05) is 31.2 Å². The van der Waals surface area contributed by atoms with Crippen molar-refractivity contribution in [1.29, 1.82) is 0 Å². The van der Waals surface area contributed by atoms with Crippen LogP contribution in [0.15, 0.2) is 52.9 Å². The number of carbonyl (C=O) groups excluding carboxylic acids is 1. The topological polar surface area (TPSA) is 60.7 Å². The molecule has 0 spiro atoms. The van der Waals surface area contributed by atoms with Crippen LogP contribution in [0.4, 0.5) is 5.69 Å². The Morgan fingerprint density at radius 1 is 1.13 bits per heavy atom. The Labute approximate surface area is 133 Å². The van der Waals surface area contributed by atoms with Crippen molar-refractivity contribution in [2.45, 2.75) is 6.92 Å². The second-order valence-corrected chi connectivity index (χ2v) is 4.90. The Morgan fingerprint density at radius 2 is 1.96 bits per heavy atom. The van der Waals surface area contributed by atoms with E-state index in [1.54, 1.807) is 31.4 Å². The van der Waals surface area contributed by atoms with Crippen LogP contribution in [0.2, 0.25) is 0 Å². The molecule has 0 aliphatic rings. The van der Waals surface area contributed by atoms with E-state index in [0.29, 0.717) is 29.4 Å². The van der Waals surface area contributed by atoms with Crippen molar-refractivity contribution in [3.63, 3.8) is 0 Å².